The lowest BCUT2D eigenvalue weighted by Crippen LogP contribution is -2.41. The second-order valence-electron chi connectivity index (χ2n) is 6.33. The molecule has 1 aromatic rings. The van der Waals surface area contributed by atoms with Crippen LogP contribution in [0.1, 0.15) is 53.3 Å². The first kappa shape index (κ1) is 17.8. The predicted octanol–water partition coefficient (Wildman–Crippen LogP) is 2.09. The number of ketones is 2. The Morgan fingerprint density at radius 1 is 1.00 bits per heavy atom. The molecular formula is C18H22N2O4S. The van der Waals surface area contributed by atoms with Crippen molar-refractivity contribution in [3.05, 3.63) is 46.0 Å². The van der Waals surface area contributed by atoms with E-state index in [1.807, 2.05) is 6.92 Å². The van der Waals surface area contributed by atoms with Crippen molar-refractivity contribution >= 4 is 21.6 Å². The molecule has 1 heterocycles. The maximum Gasteiger partial charge on any atom is 0.246 e. The second-order valence-corrected chi connectivity index (χ2v) is 8.03. The molecule has 0 atom stereocenters. The standard InChI is InChI=1S/C18H22N2O4S/c1-2-10-19-25(23,24)18-15(20-11-6-3-7-12-20)16(21)13-8-4-5-9-14(13)17(18)22/h4-5,8-9,19H,2-3,6-7,10-12H2,1H3. The lowest BCUT2D eigenvalue weighted by molar-refractivity contribution is 0.0939. The third-order valence-electron chi connectivity index (χ3n) is 4.54. The quantitative estimate of drug-likeness (QED) is 0.867. The highest BCUT2D eigenvalue weighted by molar-refractivity contribution is 7.94. The summed E-state index contributed by atoms with van der Waals surface area (Å²) in [5.74, 6) is -0.978. The molecule has 1 aliphatic heterocycles. The number of nitrogens with one attached hydrogen (secondary N) is 1. The highest BCUT2D eigenvalue weighted by Gasteiger charge is 2.41. The highest BCUT2D eigenvalue weighted by Crippen LogP contribution is 2.32. The number of piperidine rings is 1. The van der Waals surface area contributed by atoms with Crippen LogP contribution in [0.2, 0.25) is 0 Å². The van der Waals surface area contributed by atoms with Gasteiger partial charge in [0.15, 0.2) is 4.91 Å². The lowest BCUT2D eigenvalue weighted by Gasteiger charge is -2.33. The van der Waals surface area contributed by atoms with Crippen LogP contribution in [-0.2, 0) is 10.0 Å². The number of allylic oxidation sites excluding steroid dienone is 2. The van der Waals surface area contributed by atoms with Gasteiger partial charge in [0.25, 0.3) is 0 Å². The van der Waals surface area contributed by atoms with Gasteiger partial charge in [-0.1, -0.05) is 31.2 Å². The molecule has 0 amide bonds. The van der Waals surface area contributed by atoms with Crippen molar-refractivity contribution in [2.24, 2.45) is 0 Å². The fourth-order valence-corrected chi connectivity index (χ4v) is 4.75. The van der Waals surface area contributed by atoms with Gasteiger partial charge < -0.3 is 4.90 Å². The zero-order chi connectivity index (χ0) is 18.0. The van der Waals surface area contributed by atoms with E-state index in [4.69, 9.17) is 0 Å². The van der Waals surface area contributed by atoms with Crippen molar-refractivity contribution < 1.29 is 18.0 Å². The van der Waals surface area contributed by atoms with Gasteiger partial charge in [-0.25, -0.2) is 13.1 Å². The van der Waals surface area contributed by atoms with Gasteiger partial charge in [-0.15, -0.1) is 0 Å². The molecule has 0 unspecified atom stereocenters. The first-order chi connectivity index (χ1) is 12.0. The number of hydrogen-bond acceptors (Lipinski definition) is 5. The number of benzene rings is 1. The average molecular weight is 362 g/mol. The SMILES string of the molecule is CCCNS(=O)(=O)C1=C(N2CCCCC2)C(=O)c2ccccc2C1=O. The first-order valence-electron chi connectivity index (χ1n) is 8.64. The third kappa shape index (κ3) is 3.26. The molecule has 0 bridgehead atoms. The third-order valence-corrected chi connectivity index (χ3v) is 6.04. The summed E-state index contributed by atoms with van der Waals surface area (Å²) in [6.07, 6.45) is 3.40. The van der Waals surface area contributed by atoms with E-state index in [0.29, 0.717) is 19.5 Å². The van der Waals surface area contributed by atoms with Crippen molar-refractivity contribution in [2.45, 2.75) is 32.6 Å². The summed E-state index contributed by atoms with van der Waals surface area (Å²) in [6, 6.07) is 6.42. The average Bonchev–Trinajstić information content (AvgIpc) is 2.63. The Hall–Kier alpha value is -1.99. The number of carbonyl (C=O) groups excluding carboxylic acids is 2. The second kappa shape index (κ2) is 7.09. The van der Waals surface area contributed by atoms with Crippen LogP contribution < -0.4 is 4.72 Å². The lowest BCUT2D eigenvalue weighted by atomic mass is 9.91. The van der Waals surface area contributed by atoms with Gasteiger partial charge in [0.1, 0.15) is 5.70 Å². The Kier molecular flexibility index (Phi) is 5.06. The molecule has 3 rings (SSSR count). The monoisotopic (exact) mass is 362 g/mol. The number of sulfonamides is 1. The van der Waals surface area contributed by atoms with Crippen LogP contribution in [0.25, 0.3) is 0 Å². The van der Waals surface area contributed by atoms with Crippen LogP contribution in [0, 0.1) is 0 Å². The largest absolute Gasteiger partial charge is 0.367 e. The van der Waals surface area contributed by atoms with Crippen molar-refractivity contribution in [1.82, 2.24) is 9.62 Å². The maximum atomic E-state index is 13.0. The van der Waals surface area contributed by atoms with E-state index in [2.05, 4.69) is 4.72 Å². The molecule has 1 N–H and O–H groups in total. The van der Waals surface area contributed by atoms with Gasteiger partial charge in [-0.05, 0) is 25.7 Å². The number of likely N-dealkylation sites (tertiary alicyclic amines) is 1. The Labute approximate surface area is 148 Å². The first-order valence-corrected chi connectivity index (χ1v) is 10.1. The Morgan fingerprint density at radius 2 is 1.60 bits per heavy atom. The molecule has 134 valence electrons. The predicted molar refractivity (Wildman–Crippen MR) is 94.8 cm³/mol. The molecule has 0 radical (unpaired) electrons. The minimum atomic E-state index is -4.05. The molecule has 0 aromatic heterocycles. The van der Waals surface area contributed by atoms with Gasteiger partial charge in [0.2, 0.25) is 21.6 Å². The molecule has 1 fully saturated rings. The van der Waals surface area contributed by atoms with Crippen LogP contribution in [0.5, 0.6) is 0 Å². The molecule has 1 aliphatic carbocycles. The van der Waals surface area contributed by atoms with E-state index < -0.39 is 20.7 Å². The number of carbonyl (C=O) groups is 2. The summed E-state index contributed by atoms with van der Waals surface area (Å²) in [6.45, 7) is 3.24. The van der Waals surface area contributed by atoms with Crippen LogP contribution in [0.4, 0.5) is 0 Å². The smallest absolute Gasteiger partial charge is 0.246 e. The van der Waals surface area contributed by atoms with E-state index >= 15 is 0 Å². The van der Waals surface area contributed by atoms with Gasteiger partial charge in [-0.2, -0.15) is 0 Å². The molecule has 0 saturated carbocycles. The summed E-state index contributed by atoms with van der Waals surface area (Å²) in [5, 5.41) is 0. The fourth-order valence-electron chi connectivity index (χ4n) is 3.30. The van der Waals surface area contributed by atoms with E-state index in [0.717, 1.165) is 19.3 Å². The summed E-state index contributed by atoms with van der Waals surface area (Å²) in [7, 11) is -4.05. The van der Waals surface area contributed by atoms with Crippen molar-refractivity contribution in [3.63, 3.8) is 0 Å². The normalized spacial score (nSPS) is 18.5. The number of nitrogens with zero attached hydrogens (tertiary/aromatic N) is 1. The van der Waals surface area contributed by atoms with Crippen molar-refractivity contribution in [2.75, 3.05) is 19.6 Å². The van der Waals surface area contributed by atoms with Gasteiger partial charge >= 0.3 is 0 Å². The van der Waals surface area contributed by atoms with E-state index in [-0.39, 0.29) is 29.2 Å². The fraction of sp³-hybridized carbons (Fsp3) is 0.444. The Bertz CT molecular complexity index is 836. The van der Waals surface area contributed by atoms with Gasteiger partial charge in [0.05, 0.1) is 0 Å². The number of hydrogen-bond donors (Lipinski definition) is 1. The minimum absolute atomic E-state index is 0.0343. The molecule has 1 aromatic carbocycles. The highest BCUT2D eigenvalue weighted by atomic mass is 32.2. The van der Waals surface area contributed by atoms with Crippen LogP contribution in [0.15, 0.2) is 34.9 Å². The molecule has 2 aliphatic rings. The number of rotatable bonds is 5. The van der Waals surface area contributed by atoms with Crippen LogP contribution >= 0.6 is 0 Å². The van der Waals surface area contributed by atoms with Gasteiger partial charge in [0, 0.05) is 30.8 Å². The molecular weight excluding hydrogens is 340 g/mol. The van der Waals surface area contributed by atoms with Crippen molar-refractivity contribution in [1.29, 1.82) is 0 Å². The number of fused-ring (bicyclic) bond motifs is 1. The summed E-state index contributed by atoms with van der Waals surface area (Å²) in [4.78, 5) is 27.4. The zero-order valence-electron chi connectivity index (χ0n) is 14.2. The summed E-state index contributed by atoms with van der Waals surface area (Å²) < 4.78 is 28.0. The van der Waals surface area contributed by atoms with E-state index in [9.17, 15) is 18.0 Å². The minimum Gasteiger partial charge on any atom is -0.367 e. The van der Waals surface area contributed by atoms with Crippen LogP contribution in [0.3, 0.4) is 0 Å². The molecule has 1 saturated heterocycles. The van der Waals surface area contributed by atoms with E-state index in [1.54, 1.807) is 23.1 Å². The zero-order valence-corrected chi connectivity index (χ0v) is 15.1. The van der Waals surface area contributed by atoms with E-state index in [1.165, 1.54) is 6.07 Å². The molecule has 7 heteroatoms. The molecule has 0 spiro atoms. The maximum absolute atomic E-state index is 13.0. The number of Topliss-reactive ketones (excluding diaryl/α,β-unsaturated/α-hetero) is 2. The molecule has 25 heavy (non-hydrogen) atoms. The topological polar surface area (TPSA) is 83.6 Å². The summed E-state index contributed by atoms with van der Waals surface area (Å²) >= 11 is 0. The van der Waals surface area contributed by atoms with Crippen molar-refractivity contribution in [3.8, 4) is 0 Å². The molecule has 6 nitrogen and oxygen atoms in total. The Balaban J connectivity index is 2.18. The van der Waals surface area contributed by atoms with Crippen LogP contribution in [-0.4, -0.2) is 44.5 Å². The Morgan fingerprint density at radius 3 is 2.20 bits per heavy atom. The summed E-state index contributed by atoms with van der Waals surface area (Å²) in [5.41, 5.74) is 0.472. The van der Waals surface area contributed by atoms with Gasteiger partial charge in [-0.3, -0.25) is 9.59 Å².